The molecular weight excluding hydrogens is 300 g/mol. The summed E-state index contributed by atoms with van der Waals surface area (Å²) in [6.45, 7) is 0. The van der Waals surface area contributed by atoms with E-state index in [1.165, 1.54) is 20.3 Å². The molecule has 4 N–H and O–H groups in total. The van der Waals surface area contributed by atoms with Crippen molar-refractivity contribution in [2.45, 2.75) is 12.2 Å². The summed E-state index contributed by atoms with van der Waals surface area (Å²) in [7, 11) is 2.94. The minimum atomic E-state index is -1.13. The van der Waals surface area contributed by atoms with Crippen LogP contribution in [0, 0.1) is 5.92 Å². The molecule has 0 bridgehead atoms. The molecular formula is C17H19O6+. The highest BCUT2D eigenvalue weighted by molar-refractivity contribution is 5.44. The molecule has 0 spiro atoms. The van der Waals surface area contributed by atoms with Gasteiger partial charge in [-0.15, -0.1) is 0 Å². The summed E-state index contributed by atoms with van der Waals surface area (Å²) in [5, 5.41) is 29.7. The monoisotopic (exact) mass is 319 g/mol. The lowest BCUT2D eigenvalue weighted by molar-refractivity contribution is -0.0481. The maximum absolute atomic E-state index is 9.91. The number of hydrogen-bond acceptors (Lipinski definition) is 5. The number of methoxy groups -OCH3 is 2. The number of benzene rings is 1. The first-order valence-electron chi connectivity index (χ1n) is 7.18. The van der Waals surface area contributed by atoms with Crippen molar-refractivity contribution >= 4 is 0 Å². The van der Waals surface area contributed by atoms with Gasteiger partial charge in [0.15, 0.2) is 23.0 Å². The van der Waals surface area contributed by atoms with Gasteiger partial charge in [-0.1, -0.05) is 6.08 Å². The minimum Gasteiger partial charge on any atom is -0.577 e. The van der Waals surface area contributed by atoms with E-state index in [-0.39, 0.29) is 23.5 Å². The highest BCUT2D eigenvalue weighted by atomic mass is 16.5. The normalized spacial score (nSPS) is 26.2. The molecule has 0 saturated heterocycles. The maximum Gasteiger partial charge on any atom is 0.244 e. The van der Waals surface area contributed by atoms with E-state index in [0.717, 1.165) is 5.56 Å². The van der Waals surface area contributed by atoms with E-state index in [2.05, 4.69) is 4.74 Å². The van der Waals surface area contributed by atoms with Crippen LogP contribution in [0.3, 0.4) is 0 Å². The first kappa shape index (κ1) is 15.3. The standard InChI is InChI=1S/C17H18O6/c1-21-14-5-3-9(7-11(14)18)13-6-4-10-15(23-13)8-12(19)16(20)17(10)22-2/h3-8,10,12-13,18-20H,1-2H3/p+1. The van der Waals surface area contributed by atoms with Crippen LogP contribution < -0.4 is 4.74 Å². The molecule has 3 rings (SSSR count). The average Bonchev–Trinajstić information content (AvgIpc) is 2.55. The first-order valence-corrected chi connectivity index (χ1v) is 7.18. The summed E-state index contributed by atoms with van der Waals surface area (Å²) in [5.74, 6) is 0.853. The van der Waals surface area contributed by atoms with E-state index >= 15 is 0 Å². The van der Waals surface area contributed by atoms with Crippen LogP contribution in [0.5, 0.6) is 11.5 Å². The van der Waals surface area contributed by atoms with Gasteiger partial charge in [0.05, 0.1) is 19.8 Å². The SMILES string of the molecule is COC1=C(O)C(O)C=C2[OH+]C(c3ccc(OC)c(O)c3)C=CC21. The van der Waals surface area contributed by atoms with Gasteiger partial charge in [-0.25, -0.2) is 0 Å². The predicted molar refractivity (Wildman–Crippen MR) is 83.0 cm³/mol. The second-order valence-corrected chi connectivity index (χ2v) is 5.36. The number of rotatable bonds is 3. The number of aromatic hydroxyl groups is 1. The number of phenols is 1. The molecule has 3 atom stereocenters. The lowest BCUT2D eigenvalue weighted by atomic mass is 9.91. The molecule has 2 aliphatic rings. The molecule has 0 radical (unpaired) electrons. The summed E-state index contributed by atoms with van der Waals surface area (Å²) in [6, 6.07) is 5.10. The maximum atomic E-state index is 9.91. The average molecular weight is 319 g/mol. The van der Waals surface area contributed by atoms with Gasteiger partial charge in [0.25, 0.3) is 0 Å². The molecule has 1 aliphatic heterocycles. The Labute approximate surface area is 133 Å². The van der Waals surface area contributed by atoms with Crippen LogP contribution in [0.25, 0.3) is 0 Å². The van der Waals surface area contributed by atoms with Crippen molar-refractivity contribution in [1.82, 2.24) is 0 Å². The van der Waals surface area contributed by atoms with Crippen molar-refractivity contribution in [3.05, 3.63) is 59.3 Å². The Balaban J connectivity index is 1.91. The minimum absolute atomic E-state index is 0.0449. The van der Waals surface area contributed by atoms with E-state index in [1.54, 1.807) is 12.1 Å². The topological polar surface area (TPSA) is 92.0 Å². The molecule has 6 nitrogen and oxygen atoms in total. The third-order valence-corrected chi connectivity index (χ3v) is 4.00. The van der Waals surface area contributed by atoms with Gasteiger partial charge in [0.2, 0.25) is 11.9 Å². The predicted octanol–water partition coefficient (Wildman–Crippen LogP) is 1.83. The van der Waals surface area contributed by atoms with Crippen LogP contribution in [-0.2, 0) is 4.74 Å². The zero-order valence-corrected chi connectivity index (χ0v) is 12.8. The summed E-state index contributed by atoms with van der Waals surface area (Å²) in [6.07, 6.45) is 3.82. The highest BCUT2D eigenvalue weighted by Gasteiger charge is 2.38. The molecule has 0 fully saturated rings. The second-order valence-electron chi connectivity index (χ2n) is 5.36. The number of ether oxygens (including phenoxy) is 3. The molecule has 122 valence electrons. The molecule has 1 heterocycles. The summed E-state index contributed by atoms with van der Waals surface area (Å²) < 4.78 is 14.8. The van der Waals surface area contributed by atoms with Crippen molar-refractivity contribution in [2.75, 3.05) is 14.2 Å². The molecule has 6 heteroatoms. The van der Waals surface area contributed by atoms with Crippen LogP contribution in [0.1, 0.15) is 11.7 Å². The van der Waals surface area contributed by atoms with Crippen LogP contribution in [-0.4, -0.2) is 40.4 Å². The van der Waals surface area contributed by atoms with Gasteiger partial charge in [-0.3, -0.25) is 0 Å². The van der Waals surface area contributed by atoms with Crippen LogP contribution in [0.2, 0.25) is 0 Å². The van der Waals surface area contributed by atoms with Gasteiger partial charge in [-0.05, 0) is 18.2 Å². The van der Waals surface area contributed by atoms with E-state index in [0.29, 0.717) is 17.3 Å². The Morgan fingerprint density at radius 2 is 1.87 bits per heavy atom. The molecule has 1 aliphatic carbocycles. The van der Waals surface area contributed by atoms with Gasteiger partial charge in [0, 0.05) is 12.2 Å². The molecule has 1 aromatic rings. The van der Waals surface area contributed by atoms with Crippen molar-refractivity contribution < 1.29 is 29.5 Å². The Morgan fingerprint density at radius 1 is 1.09 bits per heavy atom. The van der Waals surface area contributed by atoms with Gasteiger partial charge in [-0.2, -0.15) is 0 Å². The van der Waals surface area contributed by atoms with E-state index in [9.17, 15) is 15.3 Å². The van der Waals surface area contributed by atoms with Crippen LogP contribution >= 0.6 is 0 Å². The quantitative estimate of drug-likeness (QED) is 0.584. The third kappa shape index (κ3) is 2.61. The van der Waals surface area contributed by atoms with E-state index < -0.39 is 6.10 Å². The number of aliphatic hydroxyl groups is 4. The molecule has 0 aromatic heterocycles. The van der Waals surface area contributed by atoms with Crippen molar-refractivity contribution in [1.29, 1.82) is 0 Å². The molecule has 0 saturated carbocycles. The fraction of sp³-hybridized carbons (Fsp3) is 0.294. The lowest BCUT2D eigenvalue weighted by Crippen LogP contribution is -2.28. The Morgan fingerprint density at radius 3 is 2.52 bits per heavy atom. The van der Waals surface area contributed by atoms with E-state index in [4.69, 9.17) is 9.47 Å². The van der Waals surface area contributed by atoms with Crippen molar-refractivity contribution in [3.63, 3.8) is 0 Å². The molecule has 3 unspecified atom stereocenters. The van der Waals surface area contributed by atoms with Crippen LogP contribution in [0.4, 0.5) is 0 Å². The van der Waals surface area contributed by atoms with Crippen molar-refractivity contribution in [3.8, 4) is 11.5 Å². The second kappa shape index (κ2) is 5.89. The summed E-state index contributed by atoms with van der Waals surface area (Å²) in [4.78, 5) is 0. The number of phenolic OH excluding ortho intramolecular Hbond substituents is 1. The smallest absolute Gasteiger partial charge is 0.244 e. The Hall–Kier alpha value is -2.60. The largest absolute Gasteiger partial charge is 0.577 e. The fourth-order valence-electron chi connectivity index (χ4n) is 2.82. The van der Waals surface area contributed by atoms with E-state index in [1.807, 2.05) is 18.2 Å². The zero-order valence-electron chi connectivity index (χ0n) is 12.8. The van der Waals surface area contributed by atoms with Gasteiger partial charge >= 0.3 is 0 Å². The van der Waals surface area contributed by atoms with Gasteiger partial charge < -0.3 is 29.5 Å². The molecule has 23 heavy (non-hydrogen) atoms. The Bertz CT molecular complexity index is 703. The number of hydrogen-bond donors (Lipinski definition) is 3. The third-order valence-electron chi connectivity index (χ3n) is 4.00. The molecule has 0 amide bonds. The number of fused-ring (bicyclic) bond motifs is 1. The molecule has 1 aromatic carbocycles. The lowest BCUT2D eigenvalue weighted by Gasteiger charge is -2.29. The first-order chi connectivity index (χ1) is 11.0. The summed E-state index contributed by atoms with van der Waals surface area (Å²) >= 11 is 0. The van der Waals surface area contributed by atoms with Gasteiger partial charge in [0.1, 0.15) is 12.0 Å². The fourth-order valence-corrected chi connectivity index (χ4v) is 2.82. The Kier molecular flexibility index (Phi) is 3.92. The van der Waals surface area contributed by atoms with Crippen LogP contribution in [0.15, 0.2) is 53.7 Å². The zero-order chi connectivity index (χ0) is 16.6. The number of aliphatic hydroxyl groups excluding tert-OH is 2. The summed E-state index contributed by atoms with van der Waals surface area (Å²) in [5.41, 5.74) is 0.797. The van der Waals surface area contributed by atoms with Crippen molar-refractivity contribution in [2.24, 2.45) is 5.92 Å². The highest BCUT2D eigenvalue weighted by Crippen LogP contribution is 2.39.